The predicted octanol–water partition coefficient (Wildman–Crippen LogP) is 5.57. The molecular weight excluding hydrogens is 436 g/mol. The summed E-state index contributed by atoms with van der Waals surface area (Å²) >= 11 is 0. The molecule has 1 aliphatic carbocycles. The van der Waals surface area contributed by atoms with Crippen LogP contribution >= 0.6 is 0 Å². The van der Waals surface area contributed by atoms with Crippen molar-refractivity contribution in [3.05, 3.63) is 88.4 Å². The van der Waals surface area contributed by atoms with Crippen LogP contribution in [-0.4, -0.2) is 28.1 Å². The molecular formula is C25H18F4N2O2. The minimum Gasteiger partial charge on any atom is -0.352 e. The van der Waals surface area contributed by atoms with Crippen LogP contribution in [-0.2, 0) is 23.9 Å². The molecule has 2 aromatic carbocycles. The quantitative estimate of drug-likeness (QED) is 0.407. The molecule has 3 aromatic rings. The number of carbonyl (C=O) groups excluding carboxylic acids is 2. The Morgan fingerprint density at radius 1 is 1.18 bits per heavy atom. The van der Waals surface area contributed by atoms with Crippen LogP contribution in [0.15, 0.2) is 54.9 Å². The average molecular weight is 454 g/mol. The van der Waals surface area contributed by atoms with Gasteiger partial charge in [0.25, 0.3) is 0 Å². The smallest absolute Gasteiger partial charge is 0.352 e. The lowest BCUT2D eigenvalue weighted by molar-refractivity contribution is -0.137. The molecule has 0 unspecified atom stereocenters. The number of H-pyrrole nitrogens is 1. The van der Waals surface area contributed by atoms with Crippen LogP contribution in [0.2, 0.25) is 0 Å². The maximum Gasteiger partial charge on any atom is 0.416 e. The fourth-order valence-corrected chi connectivity index (χ4v) is 4.74. The van der Waals surface area contributed by atoms with Crippen LogP contribution in [0.3, 0.4) is 0 Å². The van der Waals surface area contributed by atoms with Crippen molar-refractivity contribution in [2.75, 3.05) is 6.54 Å². The Balaban J connectivity index is 1.69. The Hall–Kier alpha value is -3.68. The highest BCUT2D eigenvalue weighted by molar-refractivity contribution is 6.14. The number of alkyl halides is 3. The van der Waals surface area contributed by atoms with E-state index >= 15 is 4.39 Å². The van der Waals surface area contributed by atoms with E-state index in [0.29, 0.717) is 30.5 Å². The summed E-state index contributed by atoms with van der Waals surface area (Å²) in [6.07, 6.45) is -3.28. The fourth-order valence-electron chi connectivity index (χ4n) is 4.74. The summed E-state index contributed by atoms with van der Waals surface area (Å²) in [7, 11) is 0. The van der Waals surface area contributed by atoms with Crippen molar-refractivity contribution in [2.45, 2.75) is 25.6 Å². The number of amides is 1. The molecule has 168 valence electrons. The van der Waals surface area contributed by atoms with Crippen LogP contribution in [0.5, 0.6) is 0 Å². The van der Waals surface area contributed by atoms with Crippen molar-refractivity contribution < 1.29 is 27.2 Å². The summed E-state index contributed by atoms with van der Waals surface area (Å²) in [4.78, 5) is 29.1. The number of ketones is 1. The minimum atomic E-state index is -4.54. The summed E-state index contributed by atoms with van der Waals surface area (Å²) in [6.45, 7) is 4.29. The first-order chi connectivity index (χ1) is 15.7. The SMILES string of the molecule is C=CC(=O)N1CCc2c(cccc2C2=C(F)CC(=O)c3[nH]c4cc(C(F)(F)F)ccc4c32)C1. The predicted molar refractivity (Wildman–Crippen MR) is 115 cm³/mol. The molecule has 0 radical (unpaired) electrons. The Kier molecular flexibility index (Phi) is 4.77. The summed E-state index contributed by atoms with van der Waals surface area (Å²) in [5, 5.41) is 0.355. The number of aromatic amines is 1. The lowest BCUT2D eigenvalue weighted by atomic mass is 9.83. The van der Waals surface area contributed by atoms with E-state index in [-0.39, 0.29) is 28.3 Å². The molecule has 5 rings (SSSR count). The number of rotatable bonds is 2. The van der Waals surface area contributed by atoms with Crippen molar-refractivity contribution in [2.24, 2.45) is 0 Å². The number of nitrogens with one attached hydrogen (secondary N) is 1. The van der Waals surface area contributed by atoms with E-state index in [4.69, 9.17) is 0 Å². The zero-order valence-electron chi connectivity index (χ0n) is 17.4. The van der Waals surface area contributed by atoms with Gasteiger partial charge in [-0.1, -0.05) is 30.8 Å². The van der Waals surface area contributed by atoms with E-state index in [1.165, 1.54) is 12.1 Å². The van der Waals surface area contributed by atoms with Gasteiger partial charge in [-0.15, -0.1) is 0 Å². The molecule has 0 saturated carbocycles. The second kappa shape index (κ2) is 7.43. The molecule has 1 N–H and O–H groups in total. The summed E-state index contributed by atoms with van der Waals surface area (Å²) in [6, 6.07) is 8.52. The normalized spacial score (nSPS) is 16.1. The number of Topliss-reactive ketones (excluding diaryl/α,β-unsaturated/α-hetero) is 1. The standard InChI is InChI=1S/C25H18F4N2O2/c1-2-21(33)31-9-8-15-13(12-31)4-3-5-16(15)22-18(26)11-20(32)24-23(22)17-7-6-14(25(27,28)29)10-19(17)30-24/h2-7,10,30H,1,8-9,11-12H2. The van der Waals surface area contributed by atoms with Gasteiger partial charge < -0.3 is 9.88 Å². The number of allylic oxidation sites excluding steroid dienone is 1. The van der Waals surface area contributed by atoms with Crippen molar-refractivity contribution in [1.29, 1.82) is 0 Å². The number of aromatic nitrogens is 1. The molecule has 0 atom stereocenters. The molecule has 1 amide bonds. The zero-order chi connectivity index (χ0) is 23.5. The van der Waals surface area contributed by atoms with Gasteiger partial charge in [0.1, 0.15) is 5.83 Å². The number of hydrogen-bond donors (Lipinski definition) is 1. The van der Waals surface area contributed by atoms with Gasteiger partial charge in [-0.3, -0.25) is 9.59 Å². The van der Waals surface area contributed by atoms with Gasteiger partial charge in [-0.05, 0) is 41.3 Å². The monoisotopic (exact) mass is 454 g/mol. The molecule has 0 bridgehead atoms. The Morgan fingerprint density at radius 2 is 1.97 bits per heavy atom. The molecule has 2 heterocycles. The summed E-state index contributed by atoms with van der Waals surface area (Å²) < 4.78 is 54.9. The van der Waals surface area contributed by atoms with Gasteiger partial charge in [-0.2, -0.15) is 13.2 Å². The summed E-state index contributed by atoms with van der Waals surface area (Å²) in [5.74, 6) is -1.33. The van der Waals surface area contributed by atoms with E-state index in [2.05, 4.69) is 11.6 Å². The van der Waals surface area contributed by atoms with Crippen molar-refractivity contribution in [3.8, 4) is 0 Å². The van der Waals surface area contributed by atoms with Crippen LogP contribution in [0.1, 0.15) is 44.7 Å². The first-order valence-electron chi connectivity index (χ1n) is 10.4. The minimum absolute atomic E-state index is 0.109. The zero-order valence-corrected chi connectivity index (χ0v) is 17.4. The third-order valence-electron chi connectivity index (χ3n) is 6.26. The number of fused-ring (bicyclic) bond motifs is 4. The summed E-state index contributed by atoms with van der Waals surface area (Å²) in [5.41, 5.74) is 2.19. The Bertz CT molecular complexity index is 1380. The van der Waals surface area contributed by atoms with Crippen LogP contribution in [0.4, 0.5) is 17.6 Å². The molecule has 1 aromatic heterocycles. The highest BCUT2D eigenvalue weighted by Gasteiger charge is 2.35. The third-order valence-corrected chi connectivity index (χ3v) is 6.26. The number of benzene rings is 2. The fraction of sp³-hybridized carbons (Fsp3) is 0.200. The molecule has 4 nitrogen and oxygen atoms in total. The highest BCUT2D eigenvalue weighted by Crippen LogP contribution is 2.44. The number of carbonyl (C=O) groups is 2. The van der Waals surface area contributed by atoms with Gasteiger partial charge in [0.15, 0.2) is 5.78 Å². The Morgan fingerprint density at radius 3 is 2.70 bits per heavy atom. The maximum absolute atomic E-state index is 15.4. The molecule has 1 aliphatic heterocycles. The second-order valence-electron chi connectivity index (χ2n) is 8.17. The van der Waals surface area contributed by atoms with Crippen LogP contribution in [0.25, 0.3) is 16.5 Å². The lowest BCUT2D eigenvalue weighted by Gasteiger charge is -2.30. The number of halogens is 4. The highest BCUT2D eigenvalue weighted by atomic mass is 19.4. The van der Waals surface area contributed by atoms with Crippen molar-refractivity contribution in [3.63, 3.8) is 0 Å². The van der Waals surface area contributed by atoms with Crippen LogP contribution in [0, 0.1) is 0 Å². The Labute approximate surface area is 186 Å². The second-order valence-corrected chi connectivity index (χ2v) is 8.17. The molecule has 0 saturated heterocycles. The van der Waals surface area contributed by atoms with Crippen LogP contribution < -0.4 is 0 Å². The van der Waals surface area contributed by atoms with Crippen molar-refractivity contribution >= 4 is 28.2 Å². The first kappa shape index (κ1) is 21.2. The van der Waals surface area contributed by atoms with E-state index in [0.717, 1.165) is 23.3 Å². The van der Waals surface area contributed by atoms with Gasteiger partial charge in [0.2, 0.25) is 5.91 Å². The van der Waals surface area contributed by atoms with E-state index in [1.807, 2.05) is 6.07 Å². The molecule has 33 heavy (non-hydrogen) atoms. The maximum atomic E-state index is 15.4. The van der Waals surface area contributed by atoms with E-state index in [9.17, 15) is 22.8 Å². The van der Waals surface area contributed by atoms with Gasteiger partial charge in [0, 0.05) is 35.1 Å². The number of hydrogen-bond acceptors (Lipinski definition) is 2. The molecule has 8 heteroatoms. The van der Waals surface area contributed by atoms with Gasteiger partial charge in [0.05, 0.1) is 17.7 Å². The molecule has 2 aliphatic rings. The topological polar surface area (TPSA) is 53.2 Å². The molecule has 0 fully saturated rings. The first-order valence-corrected chi connectivity index (χ1v) is 10.4. The van der Waals surface area contributed by atoms with Crippen molar-refractivity contribution in [1.82, 2.24) is 9.88 Å². The number of nitrogens with zero attached hydrogens (tertiary/aromatic N) is 1. The van der Waals surface area contributed by atoms with Gasteiger partial charge in [-0.25, -0.2) is 4.39 Å². The van der Waals surface area contributed by atoms with E-state index < -0.39 is 29.8 Å². The molecule has 0 spiro atoms. The largest absolute Gasteiger partial charge is 0.416 e. The van der Waals surface area contributed by atoms with E-state index in [1.54, 1.807) is 17.0 Å². The third kappa shape index (κ3) is 3.37. The average Bonchev–Trinajstić information content (AvgIpc) is 3.17. The lowest BCUT2D eigenvalue weighted by Crippen LogP contribution is -2.35. The van der Waals surface area contributed by atoms with Gasteiger partial charge >= 0.3 is 6.18 Å².